The van der Waals surface area contributed by atoms with E-state index in [1.54, 1.807) is 0 Å². The van der Waals surface area contributed by atoms with Crippen LogP contribution in [0.3, 0.4) is 0 Å². The van der Waals surface area contributed by atoms with E-state index in [0.717, 1.165) is 38.6 Å². The van der Waals surface area contributed by atoms with Crippen LogP contribution in [0.5, 0.6) is 23.0 Å². The molecule has 0 saturated carbocycles. The zero-order chi connectivity index (χ0) is 37.0. The van der Waals surface area contributed by atoms with E-state index in [2.05, 4.69) is 88.9 Å². The molecule has 0 amide bonds. The van der Waals surface area contributed by atoms with Crippen LogP contribution in [0.15, 0.2) is 164 Å². The van der Waals surface area contributed by atoms with Crippen LogP contribution in [0.1, 0.15) is 33.4 Å². The van der Waals surface area contributed by atoms with Gasteiger partial charge in [0.25, 0.3) is 0 Å². The average Bonchev–Trinajstić information content (AvgIpc) is 3.54. The fraction of sp³-hybridized carbons (Fsp3) is 0.0800. The van der Waals surface area contributed by atoms with Gasteiger partial charge in [0.2, 0.25) is 0 Å². The van der Waals surface area contributed by atoms with Crippen molar-refractivity contribution in [3.05, 3.63) is 197 Å². The smallest absolute Gasteiger partial charge is 0.184 e. The number of benzene rings is 7. The summed E-state index contributed by atoms with van der Waals surface area (Å²) in [7, 11) is 0. The van der Waals surface area contributed by atoms with Crippen LogP contribution in [0, 0.1) is 23.7 Å². The minimum absolute atomic E-state index is 0.442. The van der Waals surface area contributed by atoms with Gasteiger partial charge in [0.15, 0.2) is 11.2 Å². The second-order valence-corrected chi connectivity index (χ2v) is 13.9. The largest absolute Gasteiger partial charge is 0.456 e. The van der Waals surface area contributed by atoms with Gasteiger partial charge in [-0.2, -0.15) is 0 Å². The minimum Gasteiger partial charge on any atom is -0.456 e. The maximum atomic E-state index is 12.1. The maximum absolute atomic E-state index is 12.1. The molecule has 0 atom stereocenters. The summed E-state index contributed by atoms with van der Waals surface area (Å²) in [5.41, 5.74) is 4.84. The van der Waals surface area contributed by atoms with E-state index in [0.29, 0.717) is 58.1 Å². The third-order valence-electron chi connectivity index (χ3n) is 10.6. The lowest BCUT2D eigenvalue weighted by Gasteiger charge is -2.32. The first-order valence-corrected chi connectivity index (χ1v) is 18.3. The molecule has 3 heterocycles. The number of hydrogen-bond donors (Lipinski definition) is 2. The Morgan fingerprint density at radius 1 is 0.436 bits per heavy atom. The van der Waals surface area contributed by atoms with E-state index < -0.39 is 11.2 Å². The number of aliphatic hydroxyl groups is 2. The van der Waals surface area contributed by atoms with Crippen LogP contribution < -0.4 is 9.47 Å². The van der Waals surface area contributed by atoms with Crippen molar-refractivity contribution in [1.82, 2.24) is 4.57 Å². The van der Waals surface area contributed by atoms with E-state index in [1.807, 2.05) is 103 Å². The van der Waals surface area contributed by atoms with Crippen molar-refractivity contribution in [3.8, 4) is 52.4 Å². The van der Waals surface area contributed by atoms with E-state index in [4.69, 9.17) is 9.47 Å². The Labute approximate surface area is 318 Å². The number of rotatable bonds is 3. The van der Waals surface area contributed by atoms with E-state index in [1.165, 1.54) is 0 Å². The van der Waals surface area contributed by atoms with Crippen molar-refractivity contribution in [2.45, 2.75) is 24.0 Å². The molecule has 0 bridgehead atoms. The van der Waals surface area contributed by atoms with Gasteiger partial charge >= 0.3 is 0 Å². The summed E-state index contributed by atoms with van der Waals surface area (Å²) >= 11 is 0. The topological polar surface area (TPSA) is 63.8 Å². The van der Waals surface area contributed by atoms with Crippen molar-refractivity contribution >= 4 is 21.8 Å². The highest BCUT2D eigenvalue weighted by Crippen LogP contribution is 2.47. The average molecular weight is 712 g/mol. The van der Waals surface area contributed by atoms with Crippen molar-refractivity contribution in [2.75, 3.05) is 0 Å². The van der Waals surface area contributed by atoms with Gasteiger partial charge in [-0.3, -0.25) is 0 Å². The molecule has 0 saturated heterocycles. The molecule has 1 aromatic heterocycles. The highest BCUT2D eigenvalue weighted by molar-refractivity contribution is 6.09. The van der Waals surface area contributed by atoms with Crippen LogP contribution in [0.2, 0.25) is 0 Å². The summed E-state index contributed by atoms with van der Waals surface area (Å²) < 4.78 is 14.5. The fourth-order valence-corrected chi connectivity index (χ4v) is 7.96. The van der Waals surface area contributed by atoms with Gasteiger partial charge in [0.1, 0.15) is 23.0 Å². The van der Waals surface area contributed by atoms with Crippen molar-refractivity contribution in [1.29, 1.82) is 0 Å². The first kappa shape index (κ1) is 32.6. The van der Waals surface area contributed by atoms with Gasteiger partial charge in [0, 0.05) is 51.6 Å². The standard InChI is InChI=1S/C50H33NO4/c52-49(39-18-4-8-22-45(39)54-46-23-9-5-19-40(46)49)30-12-14-34-26-28-43-37(32-34)38-33-35(27-29-44(38)51(43)36-16-2-1-3-17-36)15-13-31-50(53)41-20-6-10-24-47(41)55-48-25-11-7-21-42(48)50/h1-11,16-29,32-33,52-53H,14-15H2. The van der Waals surface area contributed by atoms with Crippen LogP contribution in [-0.2, 0) is 24.0 Å². The summed E-state index contributed by atoms with van der Waals surface area (Å²) in [5, 5.41) is 26.4. The van der Waals surface area contributed by atoms with Crippen molar-refractivity contribution in [2.24, 2.45) is 0 Å². The molecular formula is C50H33NO4. The normalized spacial score (nSPS) is 14.1. The number of aromatic nitrogens is 1. The van der Waals surface area contributed by atoms with E-state index in [-0.39, 0.29) is 0 Å². The SMILES string of the molecule is OC1(C#CCc2ccc3c(c2)c2cc(CC#CC4(O)c5ccccc5Oc5ccccc54)ccc2n3-c2ccccc2)c2ccccc2Oc2ccccc21. The highest BCUT2D eigenvalue weighted by atomic mass is 16.5. The number of fused-ring (bicyclic) bond motifs is 7. The van der Waals surface area contributed by atoms with Gasteiger partial charge in [0.05, 0.1) is 11.0 Å². The summed E-state index contributed by atoms with van der Waals surface area (Å²) in [6.45, 7) is 0. The summed E-state index contributed by atoms with van der Waals surface area (Å²) in [6.07, 6.45) is 0.885. The lowest BCUT2D eigenvalue weighted by molar-refractivity contribution is 0.131. The summed E-state index contributed by atoms with van der Waals surface area (Å²) in [4.78, 5) is 0. The lowest BCUT2D eigenvalue weighted by atomic mass is 9.83. The number of ether oxygens (including phenoxy) is 2. The second kappa shape index (κ2) is 12.8. The Morgan fingerprint density at radius 3 is 1.20 bits per heavy atom. The molecule has 55 heavy (non-hydrogen) atoms. The molecule has 0 radical (unpaired) electrons. The minimum atomic E-state index is -1.50. The predicted octanol–water partition coefficient (Wildman–Crippen LogP) is 9.96. The van der Waals surface area contributed by atoms with Gasteiger partial charge in [-0.15, -0.1) is 0 Å². The molecule has 5 heteroatoms. The van der Waals surface area contributed by atoms with Crippen LogP contribution in [0.25, 0.3) is 27.5 Å². The monoisotopic (exact) mass is 711 g/mol. The van der Waals surface area contributed by atoms with Gasteiger partial charge in [-0.25, -0.2) is 0 Å². The van der Waals surface area contributed by atoms with Gasteiger partial charge in [-0.1, -0.05) is 127 Å². The Morgan fingerprint density at radius 2 is 0.800 bits per heavy atom. The zero-order valence-electron chi connectivity index (χ0n) is 29.7. The maximum Gasteiger partial charge on any atom is 0.184 e. The molecule has 8 aromatic rings. The van der Waals surface area contributed by atoms with Gasteiger partial charge in [-0.05, 0) is 71.8 Å². The van der Waals surface area contributed by atoms with Crippen LogP contribution >= 0.6 is 0 Å². The molecule has 0 fully saturated rings. The van der Waals surface area contributed by atoms with Crippen molar-refractivity contribution < 1.29 is 19.7 Å². The first-order valence-electron chi connectivity index (χ1n) is 18.3. The Bertz CT molecular complexity index is 2670. The molecule has 2 N–H and O–H groups in total. The molecule has 7 aromatic carbocycles. The third kappa shape index (κ3) is 5.38. The Balaban J connectivity index is 1.03. The molecule has 2 aliphatic rings. The van der Waals surface area contributed by atoms with Gasteiger partial charge < -0.3 is 24.3 Å². The zero-order valence-corrected chi connectivity index (χ0v) is 29.7. The van der Waals surface area contributed by atoms with Crippen molar-refractivity contribution in [3.63, 3.8) is 0 Å². The lowest BCUT2D eigenvalue weighted by Crippen LogP contribution is -2.29. The van der Waals surface area contributed by atoms with Crippen LogP contribution in [-0.4, -0.2) is 14.8 Å². The molecule has 2 aliphatic heterocycles. The third-order valence-corrected chi connectivity index (χ3v) is 10.6. The molecule has 0 aliphatic carbocycles. The molecule has 10 rings (SSSR count). The van der Waals surface area contributed by atoms with E-state index >= 15 is 0 Å². The molecular weight excluding hydrogens is 679 g/mol. The Kier molecular flexibility index (Phi) is 7.61. The van der Waals surface area contributed by atoms with Crippen LogP contribution in [0.4, 0.5) is 0 Å². The second-order valence-electron chi connectivity index (χ2n) is 13.9. The molecule has 5 nitrogen and oxygen atoms in total. The Hall–Kier alpha value is -7.02. The number of para-hydroxylation sites is 5. The molecule has 262 valence electrons. The fourth-order valence-electron chi connectivity index (χ4n) is 7.96. The van der Waals surface area contributed by atoms with E-state index in [9.17, 15) is 10.2 Å². The predicted molar refractivity (Wildman–Crippen MR) is 216 cm³/mol. The molecule has 0 spiro atoms. The summed E-state index contributed by atoms with van der Waals surface area (Å²) in [5.74, 6) is 15.5. The number of hydrogen-bond acceptors (Lipinski definition) is 4. The summed E-state index contributed by atoms with van der Waals surface area (Å²) in [6, 6.07) is 53.4. The highest BCUT2D eigenvalue weighted by Gasteiger charge is 2.40. The molecule has 0 unspecified atom stereocenters. The quantitative estimate of drug-likeness (QED) is 0.179. The first-order chi connectivity index (χ1) is 27.0. The number of nitrogens with zero attached hydrogens (tertiary/aromatic N) is 1.